The van der Waals surface area contributed by atoms with Crippen LogP contribution in [0.5, 0.6) is 0 Å². The Labute approximate surface area is 110 Å². The Morgan fingerprint density at radius 3 is 3.00 bits per heavy atom. The predicted molar refractivity (Wildman–Crippen MR) is 74.8 cm³/mol. The lowest BCUT2D eigenvalue weighted by atomic mass is 9.99. The van der Waals surface area contributed by atoms with Crippen LogP contribution in [-0.2, 0) is 0 Å². The lowest BCUT2D eigenvalue weighted by Crippen LogP contribution is -2.10. The number of aromatic nitrogens is 1. The highest BCUT2D eigenvalue weighted by molar-refractivity contribution is 8.15. The Morgan fingerprint density at radius 1 is 1.53 bits per heavy atom. The van der Waals surface area contributed by atoms with Crippen molar-refractivity contribution in [2.24, 2.45) is 0 Å². The number of nitrogens with zero attached hydrogens (tertiary/aromatic N) is 2. The standard InChI is InChI=1S/C13H15ClN2S/c1-17(8-7-15)12-4-2-3-11(12)10-5-6-13(14)16-9-10/h5-6,8-9,11-12H,2-4H2,1H3/t11-,12-,17?/m1/s1. The van der Waals surface area contributed by atoms with Gasteiger partial charge in [0, 0.05) is 16.8 Å². The zero-order chi connectivity index (χ0) is 12.3. The van der Waals surface area contributed by atoms with Crippen LogP contribution in [0.4, 0.5) is 0 Å². The van der Waals surface area contributed by atoms with Gasteiger partial charge in [-0.2, -0.15) is 15.7 Å². The van der Waals surface area contributed by atoms with E-state index >= 15 is 0 Å². The molecule has 0 bridgehead atoms. The summed E-state index contributed by atoms with van der Waals surface area (Å²) >= 11 is 5.81. The van der Waals surface area contributed by atoms with Gasteiger partial charge in [-0.15, -0.1) is 0 Å². The van der Waals surface area contributed by atoms with E-state index in [-0.39, 0.29) is 10.5 Å². The number of hydrogen-bond donors (Lipinski definition) is 0. The lowest BCUT2D eigenvalue weighted by Gasteiger charge is -2.20. The quantitative estimate of drug-likeness (QED) is 0.606. The van der Waals surface area contributed by atoms with Crippen LogP contribution in [0.25, 0.3) is 0 Å². The fraction of sp³-hybridized carbons (Fsp3) is 0.462. The van der Waals surface area contributed by atoms with E-state index in [4.69, 9.17) is 16.9 Å². The van der Waals surface area contributed by atoms with Crippen molar-refractivity contribution in [3.63, 3.8) is 0 Å². The summed E-state index contributed by atoms with van der Waals surface area (Å²) in [7, 11) is 0.0718. The first-order valence-corrected chi connectivity index (χ1v) is 7.84. The molecular formula is C13H15ClN2S. The molecule has 1 fully saturated rings. The van der Waals surface area contributed by atoms with E-state index < -0.39 is 0 Å². The summed E-state index contributed by atoms with van der Waals surface area (Å²) in [6.07, 6.45) is 7.70. The second kappa shape index (κ2) is 5.66. The van der Waals surface area contributed by atoms with E-state index in [9.17, 15) is 0 Å². The topological polar surface area (TPSA) is 36.7 Å². The maximum Gasteiger partial charge on any atom is 0.129 e. The molecule has 1 saturated carbocycles. The van der Waals surface area contributed by atoms with Gasteiger partial charge in [0.05, 0.1) is 6.07 Å². The SMILES string of the molecule is C/S(=C/C#N)[C@@H]1CCC[C@@H]1c1ccc(Cl)nc1. The first kappa shape index (κ1) is 12.6. The Bertz CT molecular complexity index is 461. The van der Waals surface area contributed by atoms with E-state index in [1.54, 1.807) is 5.37 Å². The first-order valence-electron chi connectivity index (χ1n) is 5.70. The molecule has 3 atom stereocenters. The minimum Gasteiger partial charge on any atom is -0.244 e. The van der Waals surface area contributed by atoms with Crippen molar-refractivity contribution in [1.82, 2.24) is 4.98 Å². The average Bonchev–Trinajstić information content (AvgIpc) is 2.79. The van der Waals surface area contributed by atoms with Crippen LogP contribution in [0, 0.1) is 11.3 Å². The van der Waals surface area contributed by atoms with Gasteiger partial charge in [0.1, 0.15) is 5.15 Å². The van der Waals surface area contributed by atoms with Crippen molar-refractivity contribution < 1.29 is 0 Å². The van der Waals surface area contributed by atoms with Gasteiger partial charge in [-0.25, -0.2) is 4.98 Å². The fourth-order valence-electron chi connectivity index (χ4n) is 2.53. The summed E-state index contributed by atoms with van der Waals surface area (Å²) in [5.41, 5.74) is 1.27. The maximum atomic E-state index is 8.76. The fourth-order valence-corrected chi connectivity index (χ4v) is 4.33. The zero-order valence-corrected chi connectivity index (χ0v) is 11.3. The van der Waals surface area contributed by atoms with Crippen LogP contribution in [0.15, 0.2) is 18.3 Å². The van der Waals surface area contributed by atoms with E-state index in [0.717, 1.165) is 0 Å². The van der Waals surface area contributed by atoms with Gasteiger partial charge in [-0.3, -0.25) is 0 Å². The molecule has 0 radical (unpaired) electrons. The van der Waals surface area contributed by atoms with Crippen molar-refractivity contribution in [3.8, 4) is 6.07 Å². The minimum atomic E-state index is 0.0718. The van der Waals surface area contributed by atoms with Crippen LogP contribution in [0.2, 0.25) is 5.15 Å². The number of rotatable bonds is 2. The zero-order valence-electron chi connectivity index (χ0n) is 9.77. The van der Waals surface area contributed by atoms with Crippen LogP contribution >= 0.6 is 22.1 Å². The highest BCUT2D eigenvalue weighted by Gasteiger charge is 2.29. The molecule has 0 saturated heterocycles. The minimum absolute atomic E-state index is 0.0718. The average molecular weight is 267 g/mol. The molecule has 0 N–H and O–H groups in total. The number of nitriles is 1. The molecule has 2 nitrogen and oxygen atoms in total. The van der Waals surface area contributed by atoms with Crippen LogP contribution < -0.4 is 0 Å². The van der Waals surface area contributed by atoms with E-state index in [2.05, 4.69) is 23.4 Å². The van der Waals surface area contributed by atoms with Gasteiger partial charge >= 0.3 is 0 Å². The van der Waals surface area contributed by atoms with Crippen LogP contribution in [-0.4, -0.2) is 21.9 Å². The summed E-state index contributed by atoms with van der Waals surface area (Å²) in [4.78, 5) is 4.16. The van der Waals surface area contributed by atoms with Crippen molar-refractivity contribution in [3.05, 3.63) is 29.0 Å². The Balaban J connectivity index is 2.23. The summed E-state index contributed by atoms with van der Waals surface area (Å²) < 4.78 is 0. The highest BCUT2D eigenvalue weighted by atomic mass is 35.5. The molecule has 90 valence electrons. The second-order valence-electron chi connectivity index (χ2n) is 4.34. The Morgan fingerprint density at radius 2 is 2.35 bits per heavy atom. The van der Waals surface area contributed by atoms with Crippen molar-refractivity contribution in [1.29, 1.82) is 5.26 Å². The predicted octanol–water partition coefficient (Wildman–Crippen LogP) is 3.60. The normalized spacial score (nSPS) is 25.7. The van der Waals surface area contributed by atoms with Gasteiger partial charge in [0.15, 0.2) is 0 Å². The molecule has 1 aromatic heterocycles. The van der Waals surface area contributed by atoms with Gasteiger partial charge in [-0.1, -0.05) is 24.1 Å². The largest absolute Gasteiger partial charge is 0.244 e. The summed E-state index contributed by atoms with van der Waals surface area (Å²) in [5.74, 6) is 0.540. The van der Waals surface area contributed by atoms with Crippen molar-refractivity contribution in [2.75, 3.05) is 6.26 Å². The van der Waals surface area contributed by atoms with Gasteiger partial charge in [0.25, 0.3) is 0 Å². The van der Waals surface area contributed by atoms with Crippen molar-refractivity contribution >= 4 is 27.5 Å². The number of pyridine rings is 1. The number of halogens is 1. The molecule has 1 aromatic rings. The number of hydrogen-bond acceptors (Lipinski definition) is 2. The van der Waals surface area contributed by atoms with Crippen LogP contribution in [0.3, 0.4) is 0 Å². The van der Waals surface area contributed by atoms with Gasteiger partial charge in [-0.05, 0) is 36.6 Å². The first-order chi connectivity index (χ1) is 8.22. The molecule has 4 heteroatoms. The van der Waals surface area contributed by atoms with E-state index in [1.165, 1.54) is 24.8 Å². The molecule has 1 aliphatic rings. The molecule has 0 amide bonds. The Hall–Kier alpha value is -0.850. The van der Waals surface area contributed by atoms with Crippen LogP contribution in [0.1, 0.15) is 30.7 Å². The third-order valence-electron chi connectivity index (χ3n) is 3.35. The summed E-state index contributed by atoms with van der Waals surface area (Å²) in [5, 5.41) is 11.7. The molecule has 1 aliphatic carbocycles. The molecule has 0 aromatic carbocycles. The molecule has 0 spiro atoms. The summed E-state index contributed by atoms with van der Waals surface area (Å²) in [6, 6.07) is 6.10. The molecule has 1 unspecified atom stereocenters. The van der Waals surface area contributed by atoms with E-state index in [0.29, 0.717) is 16.3 Å². The lowest BCUT2D eigenvalue weighted by molar-refractivity contribution is 0.732. The van der Waals surface area contributed by atoms with Gasteiger partial charge < -0.3 is 0 Å². The van der Waals surface area contributed by atoms with Gasteiger partial charge in [0.2, 0.25) is 0 Å². The molecular weight excluding hydrogens is 252 g/mol. The van der Waals surface area contributed by atoms with Crippen molar-refractivity contribution in [2.45, 2.75) is 30.4 Å². The molecule has 17 heavy (non-hydrogen) atoms. The third kappa shape index (κ3) is 2.88. The maximum absolute atomic E-state index is 8.76. The highest BCUT2D eigenvalue weighted by Crippen LogP contribution is 2.43. The molecule has 1 heterocycles. The Kier molecular flexibility index (Phi) is 4.20. The molecule has 2 rings (SSSR count). The summed E-state index contributed by atoms with van der Waals surface area (Å²) in [6.45, 7) is 0. The second-order valence-corrected chi connectivity index (χ2v) is 6.79. The third-order valence-corrected chi connectivity index (χ3v) is 5.57. The smallest absolute Gasteiger partial charge is 0.129 e. The van der Waals surface area contributed by atoms with E-state index in [1.807, 2.05) is 12.3 Å². The molecule has 0 aliphatic heterocycles. The monoisotopic (exact) mass is 266 g/mol.